The molecule has 0 nitrogen and oxygen atoms in total. The van der Waals surface area contributed by atoms with Crippen LogP contribution >= 0.6 is 0 Å². The van der Waals surface area contributed by atoms with Crippen molar-refractivity contribution in [2.45, 2.75) is 38.0 Å². The van der Waals surface area contributed by atoms with E-state index in [2.05, 4.69) is 0 Å². The van der Waals surface area contributed by atoms with Crippen LogP contribution in [-0.2, 0) is 24.7 Å². The smallest absolute Gasteiger partial charge is 0.206 e. The molecule has 3 aromatic carbocycles. The largest absolute Gasteiger partial charge is 0.339 e. The van der Waals surface area contributed by atoms with Gasteiger partial charge in [-0.05, 0) is 59.4 Å². The number of hydrogen-bond donors (Lipinski definition) is 0. The van der Waals surface area contributed by atoms with Crippen molar-refractivity contribution >= 4 is 11.6 Å². The first-order valence-corrected chi connectivity index (χ1v) is 10.5. The molecular formula is C26H18F8. The van der Waals surface area contributed by atoms with E-state index in [-0.39, 0.29) is 35.3 Å². The Labute approximate surface area is 190 Å². The van der Waals surface area contributed by atoms with E-state index in [1.165, 1.54) is 18.2 Å². The number of rotatable bonds is 6. The molecule has 0 radical (unpaired) electrons. The Morgan fingerprint density at radius 3 is 1.85 bits per heavy atom. The number of alkyl halides is 4. The first kappa shape index (κ1) is 24.0. The van der Waals surface area contributed by atoms with Crippen LogP contribution in [0.15, 0.2) is 48.5 Å². The quantitative estimate of drug-likeness (QED) is 0.311. The summed E-state index contributed by atoms with van der Waals surface area (Å²) in [5, 5.41) is 0. The third-order valence-corrected chi connectivity index (χ3v) is 5.87. The molecule has 0 aliphatic heterocycles. The van der Waals surface area contributed by atoms with E-state index in [1.807, 2.05) is 6.92 Å². The summed E-state index contributed by atoms with van der Waals surface area (Å²) in [6.07, 6.45) is 2.33. The molecular weight excluding hydrogens is 464 g/mol. The Morgan fingerprint density at radius 1 is 0.706 bits per heavy atom. The highest BCUT2D eigenvalue weighted by atomic mass is 19.3. The summed E-state index contributed by atoms with van der Waals surface area (Å²) in [7, 11) is 0. The number of halogens is 8. The monoisotopic (exact) mass is 482 g/mol. The van der Waals surface area contributed by atoms with Crippen molar-refractivity contribution in [2.24, 2.45) is 0 Å². The zero-order chi connectivity index (χ0) is 24.8. The summed E-state index contributed by atoms with van der Waals surface area (Å²) in [5.74, 6) is -14.9. The van der Waals surface area contributed by atoms with Gasteiger partial charge in [0.2, 0.25) is 0 Å². The highest BCUT2D eigenvalue weighted by Gasteiger charge is 2.58. The standard InChI is InChI=1S/C26H18F8/c1-2-3-14-4-6-18(7-5-14)25(31,32)26(33,34)19-12-22(29)24(23(30)13-19)17-8-15-10-20(27)21(28)11-16(15)9-17/h4-8,10-13H,2-3,9H2,1H3. The first-order chi connectivity index (χ1) is 16.0. The lowest BCUT2D eigenvalue weighted by atomic mass is 9.92. The zero-order valence-corrected chi connectivity index (χ0v) is 17.8. The number of fused-ring (bicyclic) bond motifs is 1. The molecule has 34 heavy (non-hydrogen) atoms. The minimum atomic E-state index is -4.92. The number of benzene rings is 3. The third-order valence-electron chi connectivity index (χ3n) is 5.87. The van der Waals surface area contributed by atoms with Gasteiger partial charge in [-0.25, -0.2) is 17.6 Å². The fraction of sp³-hybridized carbons (Fsp3) is 0.231. The van der Waals surface area contributed by atoms with Crippen LogP contribution in [0.2, 0.25) is 0 Å². The van der Waals surface area contributed by atoms with Crippen molar-refractivity contribution in [3.05, 3.63) is 105 Å². The maximum absolute atomic E-state index is 14.9. The van der Waals surface area contributed by atoms with Crippen LogP contribution in [-0.4, -0.2) is 0 Å². The SMILES string of the molecule is CCCc1ccc(C(F)(F)C(F)(F)c2cc(F)c(C3=Cc4cc(F)c(F)cc4C3)c(F)c2)cc1. The average molecular weight is 482 g/mol. The number of allylic oxidation sites excluding steroid dienone is 1. The highest BCUT2D eigenvalue weighted by molar-refractivity contribution is 5.89. The van der Waals surface area contributed by atoms with Crippen LogP contribution in [0.4, 0.5) is 35.1 Å². The molecule has 4 rings (SSSR count). The second kappa shape index (κ2) is 8.56. The molecule has 0 fully saturated rings. The lowest BCUT2D eigenvalue weighted by molar-refractivity contribution is -0.224. The van der Waals surface area contributed by atoms with Gasteiger partial charge in [-0.3, -0.25) is 0 Å². The van der Waals surface area contributed by atoms with Crippen molar-refractivity contribution in [1.82, 2.24) is 0 Å². The van der Waals surface area contributed by atoms with Crippen LogP contribution in [0, 0.1) is 23.3 Å². The number of hydrogen-bond acceptors (Lipinski definition) is 0. The Kier molecular flexibility index (Phi) is 6.04. The minimum absolute atomic E-state index is 0.0526. The van der Waals surface area contributed by atoms with Gasteiger partial charge in [0.15, 0.2) is 11.6 Å². The molecule has 8 heteroatoms. The molecule has 0 unspecified atom stereocenters. The third kappa shape index (κ3) is 3.99. The lowest BCUT2D eigenvalue weighted by Crippen LogP contribution is -2.36. The van der Waals surface area contributed by atoms with Crippen LogP contribution in [0.5, 0.6) is 0 Å². The van der Waals surface area contributed by atoms with Crippen molar-refractivity contribution in [3.63, 3.8) is 0 Å². The van der Waals surface area contributed by atoms with E-state index in [0.29, 0.717) is 12.0 Å². The van der Waals surface area contributed by atoms with E-state index in [1.54, 1.807) is 0 Å². The van der Waals surface area contributed by atoms with Crippen molar-refractivity contribution in [3.8, 4) is 0 Å². The second-order valence-corrected chi connectivity index (χ2v) is 8.22. The van der Waals surface area contributed by atoms with Gasteiger partial charge in [0.05, 0.1) is 0 Å². The van der Waals surface area contributed by atoms with Gasteiger partial charge in [-0.2, -0.15) is 17.6 Å². The Bertz CT molecular complexity index is 1250. The predicted octanol–water partition coefficient (Wildman–Crippen LogP) is 8.18. The van der Waals surface area contributed by atoms with Crippen LogP contribution < -0.4 is 0 Å². The molecule has 0 saturated heterocycles. The highest BCUT2D eigenvalue weighted by Crippen LogP contribution is 2.50. The fourth-order valence-electron chi connectivity index (χ4n) is 4.09. The summed E-state index contributed by atoms with van der Waals surface area (Å²) in [4.78, 5) is 0. The molecule has 178 valence electrons. The summed E-state index contributed by atoms with van der Waals surface area (Å²) < 4.78 is 116. The summed E-state index contributed by atoms with van der Waals surface area (Å²) in [6, 6.07) is 6.43. The maximum atomic E-state index is 14.9. The lowest BCUT2D eigenvalue weighted by Gasteiger charge is -2.28. The summed E-state index contributed by atoms with van der Waals surface area (Å²) in [6.45, 7) is 1.88. The molecule has 1 aliphatic carbocycles. The number of aryl methyl sites for hydroxylation is 1. The van der Waals surface area contributed by atoms with E-state index in [0.717, 1.165) is 30.7 Å². The molecule has 0 spiro atoms. The Hall–Kier alpha value is -3.16. The van der Waals surface area contributed by atoms with Crippen molar-refractivity contribution in [2.75, 3.05) is 0 Å². The topological polar surface area (TPSA) is 0 Å². The molecule has 0 saturated carbocycles. The Balaban J connectivity index is 1.69. The van der Waals surface area contributed by atoms with E-state index in [4.69, 9.17) is 0 Å². The van der Waals surface area contributed by atoms with E-state index < -0.39 is 51.8 Å². The molecule has 3 aromatic rings. The van der Waals surface area contributed by atoms with Gasteiger partial charge < -0.3 is 0 Å². The fourth-order valence-corrected chi connectivity index (χ4v) is 4.09. The average Bonchev–Trinajstić information content (AvgIpc) is 3.16. The molecule has 0 amide bonds. The molecule has 0 atom stereocenters. The maximum Gasteiger partial charge on any atom is 0.339 e. The molecule has 0 N–H and O–H groups in total. The van der Waals surface area contributed by atoms with E-state index >= 15 is 0 Å². The van der Waals surface area contributed by atoms with Gasteiger partial charge in [-0.1, -0.05) is 43.7 Å². The Morgan fingerprint density at radius 2 is 1.26 bits per heavy atom. The molecule has 0 aromatic heterocycles. The second-order valence-electron chi connectivity index (χ2n) is 8.22. The summed E-state index contributed by atoms with van der Waals surface area (Å²) in [5.41, 5.74) is -2.16. The molecule has 0 heterocycles. The van der Waals surface area contributed by atoms with E-state index in [9.17, 15) is 35.1 Å². The first-order valence-electron chi connectivity index (χ1n) is 10.5. The molecule has 0 bridgehead atoms. The normalized spacial score (nSPS) is 13.7. The molecule has 1 aliphatic rings. The van der Waals surface area contributed by atoms with Gasteiger partial charge in [0, 0.05) is 16.7 Å². The van der Waals surface area contributed by atoms with Crippen molar-refractivity contribution in [1.29, 1.82) is 0 Å². The van der Waals surface area contributed by atoms with Crippen LogP contribution in [0.1, 0.15) is 46.7 Å². The van der Waals surface area contributed by atoms with Gasteiger partial charge >= 0.3 is 11.8 Å². The van der Waals surface area contributed by atoms with Crippen LogP contribution in [0.3, 0.4) is 0 Å². The minimum Gasteiger partial charge on any atom is -0.206 e. The predicted molar refractivity (Wildman–Crippen MR) is 113 cm³/mol. The van der Waals surface area contributed by atoms with Gasteiger partial charge in [0.25, 0.3) is 0 Å². The van der Waals surface area contributed by atoms with Gasteiger partial charge in [0.1, 0.15) is 11.6 Å². The van der Waals surface area contributed by atoms with Gasteiger partial charge in [-0.15, -0.1) is 0 Å². The van der Waals surface area contributed by atoms with Crippen LogP contribution in [0.25, 0.3) is 11.6 Å². The van der Waals surface area contributed by atoms with Crippen molar-refractivity contribution < 1.29 is 35.1 Å². The summed E-state index contributed by atoms with van der Waals surface area (Å²) >= 11 is 0. The zero-order valence-electron chi connectivity index (χ0n) is 17.8.